The molecule has 0 fully saturated rings. The summed E-state index contributed by atoms with van der Waals surface area (Å²) in [6.45, 7) is 2.01. The minimum atomic E-state index is 0.820. The van der Waals surface area contributed by atoms with Crippen LogP contribution in [0.1, 0.15) is 23.1 Å². The van der Waals surface area contributed by atoms with E-state index >= 15 is 0 Å². The van der Waals surface area contributed by atoms with Crippen molar-refractivity contribution in [2.45, 2.75) is 25.8 Å². The highest BCUT2D eigenvalue weighted by Gasteiger charge is 2.10. The van der Waals surface area contributed by atoms with Crippen molar-refractivity contribution in [3.8, 4) is 12.3 Å². The van der Waals surface area contributed by atoms with Crippen LogP contribution in [-0.4, -0.2) is 18.1 Å². The molecule has 0 bridgehead atoms. The fourth-order valence-corrected chi connectivity index (χ4v) is 2.79. The Bertz CT molecular complexity index is 406. The summed E-state index contributed by atoms with van der Waals surface area (Å²) < 4.78 is 0. The molecule has 0 aromatic heterocycles. The molecule has 0 heterocycles. The first-order chi connectivity index (χ1) is 8.40. The van der Waals surface area contributed by atoms with E-state index in [0.717, 1.165) is 24.6 Å². The molecule has 17 heavy (non-hydrogen) atoms. The Labute approximate surface area is 108 Å². The van der Waals surface area contributed by atoms with Crippen LogP contribution in [0.4, 0.5) is 0 Å². The third-order valence-electron chi connectivity index (χ3n) is 3.10. The Kier molecular flexibility index (Phi) is 4.97. The van der Waals surface area contributed by atoms with Crippen molar-refractivity contribution in [2.75, 3.05) is 18.1 Å². The van der Waals surface area contributed by atoms with Crippen molar-refractivity contribution in [1.29, 1.82) is 0 Å². The summed E-state index contributed by atoms with van der Waals surface area (Å²) in [6.07, 6.45) is 9.06. The number of rotatable bonds is 6. The molecule has 90 valence electrons. The molecule has 0 saturated heterocycles. The van der Waals surface area contributed by atoms with Gasteiger partial charge in [0.1, 0.15) is 0 Å². The van der Waals surface area contributed by atoms with E-state index in [0.29, 0.717) is 0 Å². The fraction of sp³-hybridized carbons (Fsp3) is 0.467. The zero-order valence-corrected chi connectivity index (χ0v) is 11.0. The highest BCUT2D eigenvalue weighted by atomic mass is 32.2. The minimum absolute atomic E-state index is 0.820. The van der Waals surface area contributed by atoms with E-state index in [1.54, 1.807) is 11.1 Å². The van der Waals surface area contributed by atoms with Crippen molar-refractivity contribution in [2.24, 2.45) is 0 Å². The van der Waals surface area contributed by atoms with E-state index in [2.05, 4.69) is 29.4 Å². The third kappa shape index (κ3) is 3.80. The van der Waals surface area contributed by atoms with Gasteiger partial charge in [-0.25, -0.2) is 0 Å². The standard InChI is InChI=1S/C15H19NS/c1-2-9-17-10-8-16-12-13-6-7-14-4-3-5-15(14)11-13/h1,6-7,11,16H,3-5,8-10,12H2. The van der Waals surface area contributed by atoms with E-state index in [9.17, 15) is 0 Å². The molecule has 2 heteroatoms. The average Bonchev–Trinajstić information content (AvgIpc) is 2.81. The number of aryl methyl sites for hydroxylation is 2. The van der Waals surface area contributed by atoms with Gasteiger partial charge < -0.3 is 5.32 Å². The lowest BCUT2D eigenvalue weighted by molar-refractivity contribution is 0.731. The van der Waals surface area contributed by atoms with Gasteiger partial charge in [-0.2, -0.15) is 0 Å². The molecule has 0 saturated carbocycles. The third-order valence-corrected chi connectivity index (χ3v) is 3.96. The predicted molar refractivity (Wildman–Crippen MR) is 76.3 cm³/mol. The summed E-state index contributed by atoms with van der Waals surface area (Å²) in [5.74, 6) is 4.55. The largest absolute Gasteiger partial charge is 0.312 e. The number of thioether (sulfide) groups is 1. The van der Waals surface area contributed by atoms with Crippen LogP contribution < -0.4 is 5.32 Å². The lowest BCUT2D eigenvalue weighted by Gasteiger charge is -2.06. The van der Waals surface area contributed by atoms with E-state index in [1.807, 2.05) is 11.8 Å². The topological polar surface area (TPSA) is 12.0 Å². The van der Waals surface area contributed by atoms with Crippen LogP contribution in [0.15, 0.2) is 18.2 Å². The second-order valence-corrected chi connectivity index (χ2v) is 5.50. The summed E-state index contributed by atoms with van der Waals surface area (Å²) >= 11 is 1.81. The van der Waals surface area contributed by atoms with Crippen LogP contribution in [-0.2, 0) is 19.4 Å². The summed E-state index contributed by atoms with van der Waals surface area (Å²) in [7, 11) is 0. The van der Waals surface area contributed by atoms with Crippen LogP contribution in [0.5, 0.6) is 0 Å². The first-order valence-electron chi connectivity index (χ1n) is 6.23. The van der Waals surface area contributed by atoms with Gasteiger partial charge in [-0.1, -0.05) is 24.1 Å². The van der Waals surface area contributed by atoms with Gasteiger partial charge in [-0.15, -0.1) is 18.2 Å². The maximum atomic E-state index is 5.20. The zero-order valence-electron chi connectivity index (χ0n) is 10.2. The van der Waals surface area contributed by atoms with Gasteiger partial charge in [-0.05, 0) is 36.0 Å². The summed E-state index contributed by atoms with van der Waals surface area (Å²) in [6, 6.07) is 6.92. The van der Waals surface area contributed by atoms with E-state index in [-0.39, 0.29) is 0 Å². The molecule has 1 nitrogen and oxygen atoms in total. The Balaban J connectivity index is 1.71. The van der Waals surface area contributed by atoms with Crippen molar-refractivity contribution in [1.82, 2.24) is 5.32 Å². The van der Waals surface area contributed by atoms with Crippen LogP contribution in [0.25, 0.3) is 0 Å². The molecule has 0 unspecified atom stereocenters. The number of hydrogen-bond donors (Lipinski definition) is 1. The molecule has 0 amide bonds. The Morgan fingerprint density at radius 1 is 1.29 bits per heavy atom. The maximum Gasteiger partial charge on any atom is 0.0545 e. The summed E-state index contributed by atoms with van der Waals surface area (Å²) in [4.78, 5) is 0. The predicted octanol–water partition coefficient (Wildman–Crippen LogP) is 2.63. The minimum Gasteiger partial charge on any atom is -0.312 e. The lowest BCUT2D eigenvalue weighted by atomic mass is 10.1. The van der Waals surface area contributed by atoms with Gasteiger partial charge >= 0.3 is 0 Å². The second-order valence-electron chi connectivity index (χ2n) is 4.39. The van der Waals surface area contributed by atoms with Crippen molar-refractivity contribution in [3.63, 3.8) is 0 Å². The fourth-order valence-electron chi connectivity index (χ4n) is 2.24. The Morgan fingerprint density at radius 3 is 3.06 bits per heavy atom. The van der Waals surface area contributed by atoms with Crippen molar-refractivity contribution < 1.29 is 0 Å². The SMILES string of the molecule is C#CCSCCNCc1ccc2c(c1)CCC2. The molecule has 0 aliphatic heterocycles. The van der Waals surface area contributed by atoms with Gasteiger partial charge in [0.15, 0.2) is 0 Å². The molecular formula is C15H19NS. The molecule has 1 aromatic carbocycles. The molecule has 1 aromatic rings. The molecule has 0 radical (unpaired) electrons. The lowest BCUT2D eigenvalue weighted by Crippen LogP contribution is -2.16. The van der Waals surface area contributed by atoms with Crippen LogP contribution in [0.2, 0.25) is 0 Å². The summed E-state index contributed by atoms with van der Waals surface area (Å²) in [5, 5.41) is 3.46. The average molecular weight is 245 g/mol. The van der Waals surface area contributed by atoms with Gasteiger partial charge in [0.2, 0.25) is 0 Å². The van der Waals surface area contributed by atoms with Crippen molar-refractivity contribution >= 4 is 11.8 Å². The van der Waals surface area contributed by atoms with Gasteiger partial charge in [0.05, 0.1) is 5.75 Å². The number of fused-ring (bicyclic) bond motifs is 1. The van der Waals surface area contributed by atoms with E-state index in [1.165, 1.54) is 24.8 Å². The molecule has 0 spiro atoms. The molecular weight excluding hydrogens is 226 g/mol. The normalized spacial score (nSPS) is 13.4. The molecule has 1 aliphatic rings. The molecule has 1 aliphatic carbocycles. The smallest absolute Gasteiger partial charge is 0.0545 e. The van der Waals surface area contributed by atoms with E-state index in [4.69, 9.17) is 6.42 Å². The van der Waals surface area contributed by atoms with Crippen LogP contribution in [0, 0.1) is 12.3 Å². The van der Waals surface area contributed by atoms with Crippen LogP contribution in [0.3, 0.4) is 0 Å². The first kappa shape index (κ1) is 12.5. The number of benzene rings is 1. The zero-order chi connectivity index (χ0) is 11.9. The van der Waals surface area contributed by atoms with Gasteiger partial charge in [-0.3, -0.25) is 0 Å². The molecule has 0 atom stereocenters. The van der Waals surface area contributed by atoms with Crippen LogP contribution >= 0.6 is 11.8 Å². The number of hydrogen-bond acceptors (Lipinski definition) is 2. The first-order valence-corrected chi connectivity index (χ1v) is 7.38. The highest BCUT2D eigenvalue weighted by molar-refractivity contribution is 7.99. The van der Waals surface area contributed by atoms with Gasteiger partial charge in [0, 0.05) is 18.8 Å². The second kappa shape index (κ2) is 6.74. The quantitative estimate of drug-likeness (QED) is 0.611. The highest BCUT2D eigenvalue weighted by Crippen LogP contribution is 2.22. The maximum absolute atomic E-state index is 5.20. The monoisotopic (exact) mass is 245 g/mol. The number of nitrogens with one attached hydrogen (secondary N) is 1. The van der Waals surface area contributed by atoms with Gasteiger partial charge in [0.25, 0.3) is 0 Å². The molecule has 1 N–H and O–H groups in total. The van der Waals surface area contributed by atoms with E-state index < -0.39 is 0 Å². The Morgan fingerprint density at radius 2 is 2.18 bits per heavy atom. The Hall–Kier alpha value is -0.910. The summed E-state index contributed by atoms with van der Waals surface area (Å²) in [5.41, 5.74) is 4.52. The number of terminal acetylenes is 1. The molecule has 2 rings (SSSR count). The van der Waals surface area contributed by atoms with Crippen molar-refractivity contribution in [3.05, 3.63) is 34.9 Å².